The first-order valence-electron chi connectivity index (χ1n) is 12.3. The topological polar surface area (TPSA) is 75.0 Å². The maximum Gasteiger partial charge on any atom is 0.311 e. The third-order valence-corrected chi connectivity index (χ3v) is 6.02. The number of benzene rings is 3. The number of hydrogen-bond acceptors (Lipinski definition) is 6. The van der Waals surface area contributed by atoms with Crippen LogP contribution >= 0.6 is 0 Å². The molecule has 0 atom stereocenters. The molecule has 3 aromatic carbocycles. The van der Waals surface area contributed by atoms with E-state index in [-0.39, 0.29) is 29.0 Å². The number of ether oxygens (including phenoxy) is 3. The van der Waals surface area contributed by atoms with Crippen LogP contribution in [-0.2, 0) is 10.2 Å². The van der Waals surface area contributed by atoms with Crippen LogP contribution in [0.5, 0.6) is 23.0 Å². The van der Waals surface area contributed by atoms with E-state index in [1.165, 1.54) is 17.9 Å². The van der Waals surface area contributed by atoms with Crippen molar-refractivity contribution in [1.82, 2.24) is 0 Å². The van der Waals surface area contributed by atoms with E-state index in [1.54, 1.807) is 12.1 Å². The van der Waals surface area contributed by atoms with Crippen molar-refractivity contribution >= 4 is 16.9 Å². The Labute approximate surface area is 216 Å². The summed E-state index contributed by atoms with van der Waals surface area (Å²) in [6.07, 6.45) is 2.00. The van der Waals surface area contributed by atoms with Gasteiger partial charge in [0.25, 0.3) is 0 Å². The lowest BCUT2D eigenvalue weighted by molar-refractivity contribution is -0.134. The molecule has 0 saturated carbocycles. The molecule has 0 aliphatic heterocycles. The first kappa shape index (κ1) is 26.0. The molecule has 0 aliphatic carbocycles. The summed E-state index contributed by atoms with van der Waals surface area (Å²) in [6.45, 7) is 10.8. The summed E-state index contributed by atoms with van der Waals surface area (Å²) in [5.74, 6) is 1.39. The van der Waals surface area contributed by atoms with E-state index in [0.29, 0.717) is 35.5 Å². The van der Waals surface area contributed by atoms with E-state index in [9.17, 15) is 9.59 Å². The fraction of sp³-hybridized carbons (Fsp3) is 0.290. The molecular weight excluding hydrogens is 468 g/mol. The van der Waals surface area contributed by atoms with Gasteiger partial charge in [-0.2, -0.15) is 0 Å². The second-order valence-corrected chi connectivity index (χ2v) is 10.2. The lowest BCUT2D eigenvalue weighted by atomic mass is 9.87. The van der Waals surface area contributed by atoms with Gasteiger partial charge in [0, 0.05) is 12.5 Å². The molecule has 0 fully saturated rings. The van der Waals surface area contributed by atoms with Crippen molar-refractivity contribution in [1.29, 1.82) is 0 Å². The van der Waals surface area contributed by atoms with E-state index in [1.807, 2.05) is 44.2 Å². The van der Waals surface area contributed by atoms with Crippen molar-refractivity contribution in [2.45, 2.75) is 52.9 Å². The molecule has 0 amide bonds. The van der Waals surface area contributed by atoms with Crippen molar-refractivity contribution in [3.63, 3.8) is 0 Å². The second-order valence-electron chi connectivity index (χ2n) is 10.2. The van der Waals surface area contributed by atoms with E-state index < -0.39 is 0 Å². The van der Waals surface area contributed by atoms with Gasteiger partial charge in [-0.25, -0.2) is 0 Å². The molecule has 0 unspecified atom stereocenters. The van der Waals surface area contributed by atoms with Gasteiger partial charge in [-0.05, 0) is 72.7 Å². The number of aryl methyl sites for hydroxylation is 2. The molecule has 6 nitrogen and oxygen atoms in total. The molecule has 0 N–H and O–H groups in total. The number of rotatable bonds is 8. The molecule has 0 saturated heterocycles. The smallest absolute Gasteiger partial charge is 0.311 e. The molecule has 6 heteroatoms. The molecule has 0 bridgehead atoms. The Balaban J connectivity index is 1.32. The van der Waals surface area contributed by atoms with Crippen LogP contribution < -0.4 is 19.6 Å². The Hall–Kier alpha value is -4.06. The lowest BCUT2D eigenvalue weighted by Gasteiger charge is -2.19. The number of esters is 1. The summed E-state index contributed by atoms with van der Waals surface area (Å²) in [7, 11) is 0. The monoisotopic (exact) mass is 500 g/mol. The summed E-state index contributed by atoms with van der Waals surface area (Å²) < 4.78 is 22.6. The van der Waals surface area contributed by atoms with E-state index in [0.717, 1.165) is 16.9 Å². The maximum absolute atomic E-state index is 12.9. The Morgan fingerprint density at radius 2 is 1.62 bits per heavy atom. The van der Waals surface area contributed by atoms with Crippen LogP contribution in [0.3, 0.4) is 0 Å². The predicted octanol–water partition coefficient (Wildman–Crippen LogP) is 7.26. The minimum absolute atomic E-state index is 0.0874. The van der Waals surface area contributed by atoms with Gasteiger partial charge in [-0.1, -0.05) is 45.0 Å². The normalized spacial score (nSPS) is 11.4. The van der Waals surface area contributed by atoms with Crippen LogP contribution in [0.4, 0.5) is 0 Å². The predicted molar refractivity (Wildman–Crippen MR) is 144 cm³/mol. The third kappa shape index (κ3) is 6.58. The van der Waals surface area contributed by atoms with Crippen LogP contribution in [0.1, 0.15) is 50.3 Å². The molecule has 4 rings (SSSR count). The van der Waals surface area contributed by atoms with E-state index in [2.05, 4.69) is 32.9 Å². The zero-order valence-corrected chi connectivity index (χ0v) is 21.9. The quantitative estimate of drug-likeness (QED) is 0.144. The average molecular weight is 501 g/mol. The van der Waals surface area contributed by atoms with Gasteiger partial charge in [0.15, 0.2) is 0 Å². The van der Waals surface area contributed by atoms with Gasteiger partial charge in [0.1, 0.15) is 29.1 Å². The standard InChI is InChI=1S/C31H32O6/c1-20-8-9-21(2)26(17-20)37-28-19-35-27-18-24(14-15-25(27)30(28)33)36-29(32)7-6-16-34-23-12-10-22(11-13-23)31(3,4)5/h8-15,17-19H,6-7,16H2,1-5H3. The minimum atomic E-state index is -0.386. The average Bonchev–Trinajstić information content (AvgIpc) is 2.85. The zero-order chi connectivity index (χ0) is 26.6. The molecule has 1 heterocycles. The van der Waals surface area contributed by atoms with Crippen LogP contribution in [0.25, 0.3) is 11.0 Å². The Morgan fingerprint density at radius 3 is 2.35 bits per heavy atom. The molecule has 192 valence electrons. The van der Waals surface area contributed by atoms with Gasteiger partial charge in [-0.15, -0.1) is 0 Å². The Kier molecular flexibility index (Phi) is 7.67. The number of carbonyl (C=O) groups is 1. The zero-order valence-electron chi connectivity index (χ0n) is 21.9. The maximum atomic E-state index is 12.9. The summed E-state index contributed by atoms with van der Waals surface area (Å²) in [4.78, 5) is 25.2. The molecule has 4 aromatic rings. The van der Waals surface area contributed by atoms with Gasteiger partial charge in [0.2, 0.25) is 11.2 Å². The SMILES string of the molecule is Cc1ccc(C)c(Oc2coc3cc(OC(=O)CCCOc4ccc(C(C)(C)C)cc4)ccc3c2=O)c1. The van der Waals surface area contributed by atoms with E-state index >= 15 is 0 Å². The summed E-state index contributed by atoms with van der Waals surface area (Å²) in [6, 6.07) is 18.5. The first-order valence-corrected chi connectivity index (χ1v) is 12.3. The summed E-state index contributed by atoms with van der Waals surface area (Å²) in [5.41, 5.74) is 3.28. The van der Waals surface area contributed by atoms with Crippen LogP contribution in [0.15, 0.2) is 76.1 Å². The number of fused-ring (bicyclic) bond motifs is 1. The van der Waals surface area contributed by atoms with Crippen molar-refractivity contribution in [3.05, 3.63) is 93.8 Å². The number of carbonyl (C=O) groups excluding carboxylic acids is 1. The summed E-state index contributed by atoms with van der Waals surface area (Å²) in [5, 5.41) is 0.341. The highest BCUT2D eigenvalue weighted by Gasteiger charge is 2.14. The molecular formula is C31H32O6. The Bertz CT molecular complexity index is 1460. The molecule has 0 aliphatic rings. The Morgan fingerprint density at radius 1 is 0.892 bits per heavy atom. The van der Waals surface area contributed by atoms with Gasteiger partial charge < -0.3 is 18.6 Å². The fourth-order valence-electron chi connectivity index (χ4n) is 3.80. The summed E-state index contributed by atoms with van der Waals surface area (Å²) >= 11 is 0. The van der Waals surface area contributed by atoms with Gasteiger partial charge >= 0.3 is 5.97 Å². The minimum Gasteiger partial charge on any atom is -0.494 e. The molecule has 37 heavy (non-hydrogen) atoms. The van der Waals surface area contributed by atoms with Crippen molar-refractivity contribution in [2.24, 2.45) is 0 Å². The molecule has 0 spiro atoms. The first-order chi connectivity index (χ1) is 17.6. The van der Waals surface area contributed by atoms with Crippen LogP contribution in [0.2, 0.25) is 0 Å². The second kappa shape index (κ2) is 10.9. The van der Waals surface area contributed by atoms with Crippen LogP contribution in [-0.4, -0.2) is 12.6 Å². The number of hydrogen-bond donors (Lipinski definition) is 0. The van der Waals surface area contributed by atoms with E-state index in [4.69, 9.17) is 18.6 Å². The lowest BCUT2D eigenvalue weighted by Crippen LogP contribution is -2.11. The molecule has 1 aromatic heterocycles. The molecule has 0 radical (unpaired) electrons. The highest BCUT2D eigenvalue weighted by molar-refractivity contribution is 5.80. The van der Waals surface area contributed by atoms with Crippen molar-refractivity contribution in [3.8, 4) is 23.0 Å². The fourth-order valence-corrected chi connectivity index (χ4v) is 3.80. The van der Waals surface area contributed by atoms with Gasteiger partial charge in [0.05, 0.1) is 12.0 Å². The largest absolute Gasteiger partial charge is 0.494 e. The highest BCUT2D eigenvalue weighted by Crippen LogP contribution is 2.27. The van der Waals surface area contributed by atoms with Crippen molar-refractivity contribution < 1.29 is 23.4 Å². The van der Waals surface area contributed by atoms with Crippen LogP contribution in [0, 0.1) is 13.8 Å². The van der Waals surface area contributed by atoms with Gasteiger partial charge in [-0.3, -0.25) is 9.59 Å². The van der Waals surface area contributed by atoms with Crippen molar-refractivity contribution in [2.75, 3.05) is 6.61 Å². The highest BCUT2D eigenvalue weighted by atomic mass is 16.5. The third-order valence-electron chi connectivity index (χ3n) is 6.02.